The maximum absolute atomic E-state index is 11.5. The van der Waals surface area contributed by atoms with Crippen LogP contribution in [0.3, 0.4) is 0 Å². The number of likely N-dealkylation sites (N-methyl/N-ethyl adjacent to an activating group) is 1. The van der Waals surface area contributed by atoms with Crippen molar-refractivity contribution in [1.29, 1.82) is 0 Å². The van der Waals surface area contributed by atoms with Crippen LogP contribution in [0.1, 0.15) is 13.3 Å². The van der Waals surface area contributed by atoms with Crippen molar-refractivity contribution in [2.24, 2.45) is 0 Å². The fourth-order valence-electron chi connectivity index (χ4n) is 1.62. The molecular weight excluding hydrogens is 184 g/mol. The maximum atomic E-state index is 11.5. The third kappa shape index (κ3) is 2.88. The van der Waals surface area contributed by atoms with Crippen LogP contribution in [0, 0.1) is 0 Å². The molecule has 3 nitrogen and oxygen atoms in total. The highest BCUT2D eigenvalue weighted by atomic mass is 32.2. The van der Waals surface area contributed by atoms with Crippen LogP contribution >= 0.6 is 11.8 Å². The number of rotatable bonds is 4. The molecule has 0 aromatic heterocycles. The minimum atomic E-state index is 0.0622. The molecule has 1 rings (SSSR count). The number of thioether (sulfide) groups is 1. The molecule has 0 radical (unpaired) electrons. The molecule has 0 bridgehead atoms. The van der Waals surface area contributed by atoms with Crippen molar-refractivity contribution in [3.63, 3.8) is 0 Å². The monoisotopic (exact) mass is 202 g/mol. The lowest BCUT2D eigenvalue weighted by Gasteiger charge is -2.17. The molecule has 76 valence electrons. The predicted octanol–water partition coefficient (Wildman–Crippen LogP) is 0.558. The normalized spacial score (nSPS) is 25.3. The Kier molecular flexibility index (Phi) is 4.06. The van der Waals surface area contributed by atoms with E-state index in [1.54, 1.807) is 4.90 Å². The molecule has 2 unspecified atom stereocenters. The van der Waals surface area contributed by atoms with E-state index in [4.69, 9.17) is 0 Å². The molecule has 0 spiro atoms. The van der Waals surface area contributed by atoms with Gasteiger partial charge in [0.15, 0.2) is 0 Å². The largest absolute Gasteiger partial charge is 0.344 e. The van der Waals surface area contributed by atoms with Crippen molar-refractivity contribution < 1.29 is 4.79 Å². The lowest BCUT2D eigenvalue weighted by Crippen LogP contribution is -2.42. The predicted molar refractivity (Wildman–Crippen MR) is 57.0 cm³/mol. The van der Waals surface area contributed by atoms with E-state index in [9.17, 15) is 4.79 Å². The second kappa shape index (κ2) is 4.86. The van der Waals surface area contributed by atoms with Crippen molar-refractivity contribution in [2.75, 3.05) is 25.6 Å². The SMILES string of the molecule is CSCC(C)NC1CCN(C)C1=O. The summed E-state index contributed by atoms with van der Waals surface area (Å²) in [6.45, 7) is 3.02. The number of likely N-dealkylation sites (tertiary alicyclic amines) is 1. The zero-order valence-electron chi connectivity index (χ0n) is 8.54. The first-order valence-electron chi connectivity index (χ1n) is 4.65. The minimum absolute atomic E-state index is 0.0622. The lowest BCUT2D eigenvalue weighted by molar-refractivity contribution is -0.128. The summed E-state index contributed by atoms with van der Waals surface area (Å²) in [6, 6.07) is 0.489. The van der Waals surface area contributed by atoms with Gasteiger partial charge in [-0.2, -0.15) is 11.8 Å². The Morgan fingerprint density at radius 2 is 2.46 bits per heavy atom. The number of hydrogen-bond acceptors (Lipinski definition) is 3. The van der Waals surface area contributed by atoms with Gasteiger partial charge in [-0.25, -0.2) is 0 Å². The fourth-order valence-corrected chi connectivity index (χ4v) is 2.21. The van der Waals surface area contributed by atoms with E-state index in [-0.39, 0.29) is 11.9 Å². The first-order chi connectivity index (χ1) is 6.15. The second-order valence-electron chi connectivity index (χ2n) is 3.62. The van der Waals surface area contributed by atoms with E-state index in [1.165, 1.54) is 0 Å². The highest BCUT2D eigenvalue weighted by Gasteiger charge is 2.29. The summed E-state index contributed by atoms with van der Waals surface area (Å²) in [5.74, 6) is 1.31. The Hall–Kier alpha value is -0.220. The summed E-state index contributed by atoms with van der Waals surface area (Å²) >= 11 is 1.81. The van der Waals surface area contributed by atoms with Gasteiger partial charge < -0.3 is 10.2 Å². The maximum Gasteiger partial charge on any atom is 0.239 e. The third-order valence-corrected chi connectivity index (χ3v) is 3.16. The Morgan fingerprint density at radius 3 is 2.92 bits per heavy atom. The molecule has 4 heteroatoms. The summed E-state index contributed by atoms with van der Waals surface area (Å²) in [5, 5.41) is 3.35. The molecular formula is C9H18N2OS. The summed E-state index contributed by atoms with van der Waals surface area (Å²) in [6.07, 6.45) is 3.04. The zero-order chi connectivity index (χ0) is 9.84. The molecule has 0 aromatic carbocycles. The fraction of sp³-hybridized carbons (Fsp3) is 0.889. The van der Waals surface area contributed by atoms with Crippen LogP contribution in [0.4, 0.5) is 0 Å². The van der Waals surface area contributed by atoms with Gasteiger partial charge in [-0.15, -0.1) is 0 Å². The molecule has 1 aliphatic rings. The molecule has 1 aliphatic heterocycles. The number of nitrogens with zero attached hydrogens (tertiary/aromatic N) is 1. The van der Waals surface area contributed by atoms with Gasteiger partial charge in [0.1, 0.15) is 0 Å². The first-order valence-corrected chi connectivity index (χ1v) is 6.04. The van der Waals surface area contributed by atoms with Crippen LogP contribution in [0.2, 0.25) is 0 Å². The smallest absolute Gasteiger partial charge is 0.239 e. The van der Waals surface area contributed by atoms with E-state index >= 15 is 0 Å². The van der Waals surface area contributed by atoms with Crippen LogP contribution in [0.15, 0.2) is 0 Å². The van der Waals surface area contributed by atoms with Gasteiger partial charge in [0.2, 0.25) is 5.91 Å². The average molecular weight is 202 g/mol. The molecule has 1 N–H and O–H groups in total. The van der Waals surface area contributed by atoms with E-state index in [0.717, 1.165) is 18.7 Å². The number of hydrogen-bond donors (Lipinski definition) is 1. The number of nitrogens with one attached hydrogen (secondary N) is 1. The van der Waals surface area contributed by atoms with Crippen molar-refractivity contribution in [3.8, 4) is 0 Å². The Balaban J connectivity index is 2.33. The Morgan fingerprint density at radius 1 is 1.77 bits per heavy atom. The standard InChI is InChI=1S/C9H18N2OS/c1-7(6-13-3)10-8-4-5-11(2)9(8)12/h7-8,10H,4-6H2,1-3H3. The van der Waals surface area contributed by atoms with Gasteiger partial charge in [0.25, 0.3) is 0 Å². The second-order valence-corrected chi connectivity index (χ2v) is 4.53. The Labute approximate surface area is 84.2 Å². The molecule has 0 saturated carbocycles. The van der Waals surface area contributed by atoms with Crippen molar-refractivity contribution in [2.45, 2.75) is 25.4 Å². The van der Waals surface area contributed by atoms with Gasteiger partial charge in [0, 0.05) is 25.4 Å². The molecule has 0 aromatic rings. The minimum Gasteiger partial charge on any atom is -0.344 e. The third-order valence-electron chi connectivity index (χ3n) is 2.33. The van der Waals surface area contributed by atoms with Crippen molar-refractivity contribution in [1.82, 2.24) is 10.2 Å². The average Bonchev–Trinajstić information content (AvgIpc) is 2.37. The number of carbonyl (C=O) groups is 1. The number of amides is 1. The molecule has 1 fully saturated rings. The van der Waals surface area contributed by atoms with Gasteiger partial charge in [-0.05, 0) is 19.6 Å². The highest BCUT2D eigenvalue weighted by Crippen LogP contribution is 2.10. The quantitative estimate of drug-likeness (QED) is 0.723. The zero-order valence-corrected chi connectivity index (χ0v) is 9.36. The molecule has 1 saturated heterocycles. The van der Waals surface area contributed by atoms with E-state index in [2.05, 4.69) is 18.5 Å². The van der Waals surface area contributed by atoms with Crippen LogP contribution < -0.4 is 5.32 Å². The van der Waals surface area contributed by atoms with Crippen LogP contribution in [-0.4, -0.2) is 48.5 Å². The van der Waals surface area contributed by atoms with Crippen molar-refractivity contribution >= 4 is 17.7 Å². The van der Waals surface area contributed by atoms with Crippen molar-refractivity contribution in [3.05, 3.63) is 0 Å². The van der Waals surface area contributed by atoms with Gasteiger partial charge >= 0.3 is 0 Å². The molecule has 0 aliphatic carbocycles. The van der Waals surface area contributed by atoms with Gasteiger partial charge in [-0.1, -0.05) is 0 Å². The molecule has 2 atom stereocenters. The van der Waals surface area contributed by atoms with E-state index < -0.39 is 0 Å². The van der Waals surface area contributed by atoms with Gasteiger partial charge in [-0.3, -0.25) is 4.79 Å². The number of carbonyl (C=O) groups excluding carboxylic acids is 1. The van der Waals surface area contributed by atoms with Crippen LogP contribution in [0.5, 0.6) is 0 Å². The molecule has 1 heterocycles. The van der Waals surface area contributed by atoms with E-state index in [0.29, 0.717) is 6.04 Å². The topological polar surface area (TPSA) is 32.3 Å². The molecule has 13 heavy (non-hydrogen) atoms. The Bertz CT molecular complexity index is 186. The molecule has 1 amide bonds. The summed E-state index contributed by atoms with van der Waals surface area (Å²) < 4.78 is 0. The first kappa shape index (κ1) is 10.9. The van der Waals surface area contributed by atoms with E-state index in [1.807, 2.05) is 18.8 Å². The van der Waals surface area contributed by atoms with Crippen LogP contribution in [0.25, 0.3) is 0 Å². The summed E-state index contributed by atoms with van der Waals surface area (Å²) in [5.41, 5.74) is 0. The summed E-state index contributed by atoms with van der Waals surface area (Å²) in [4.78, 5) is 13.3. The van der Waals surface area contributed by atoms with Crippen LogP contribution in [-0.2, 0) is 4.79 Å². The summed E-state index contributed by atoms with van der Waals surface area (Å²) in [7, 11) is 1.86. The lowest BCUT2D eigenvalue weighted by atomic mass is 10.2. The highest BCUT2D eigenvalue weighted by molar-refractivity contribution is 7.98. The van der Waals surface area contributed by atoms with Gasteiger partial charge in [0.05, 0.1) is 6.04 Å².